The predicted molar refractivity (Wildman–Crippen MR) is 139 cm³/mol. The van der Waals surface area contributed by atoms with Crippen molar-refractivity contribution in [2.24, 2.45) is 0 Å². The second-order valence-corrected chi connectivity index (χ2v) is 10.1. The Hall–Kier alpha value is -2.90. The molecule has 0 aliphatic carbocycles. The molecule has 200 valence electrons. The summed E-state index contributed by atoms with van der Waals surface area (Å²) in [5.74, 6) is -2.36. The lowest BCUT2D eigenvalue weighted by Gasteiger charge is -2.25. The molecule has 1 aromatic rings. The smallest absolute Gasteiger partial charge is 0.408 e. The van der Waals surface area contributed by atoms with Crippen molar-refractivity contribution in [3.63, 3.8) is 0 Å². The minimum atomic E-state index is -1.19. The lowest BCUT2D eigenvalue weighted by atomic mass is 10.1. The summed E-state index contributed by atoms with van der Waals surface area (Å²) in [4.78, 5) is 61.5. The van der Waals surface area contributed by atoms with Crippen LogP contribution in [0.5, 0.6) is 0 Å². The maximum atomic E-state index is 13.1. The third-order valence-corrected chi connectivity index (χ3v) is 5.47. The van der Waals surface area contributed by atoms with Crippen LogP contribution in [0.4, 0.5) is 4.79 Å². The number of esters is 2. The van der Waals surface area contributed by atoms with Gasteiger partial charge < -0.3 is 30.2 Å². The zero-order valence-electron chi connectivity index (χ0n) is 21.1. The fraction of sp³-hybridized carbons (Fsp3) is 0.542. The third kappa shape index (κ3) is 12.7. The van der Waals surface area contributed by atoms with Crippen molar-refractivity contribution in [1.29, 1.82) is 0 Å². The first kappa shape index (κ1) is 31.1. The second kappa shape index (κ2) is 15.3. The molecule has 0 radical (unpaired) electrons. The molecule has 11 nitrogen and oxygen atoms in total. The van der Waals surface area contributed by atoms with Crippen molar-refractivity contribution in [2.45, 2.75) is 70.7 Å². The van der Waals surface area contributed by atoms with Crippen LogP contribution in [0.2, 0.25) is 0 Å². The van der Waals surface area contributed by atoms with E-state index in [9.17, 15) is 24.0 Å². The first-order valence-corrected chi connectivity index (χ1v) is 12.4. The third-order valence-electron chi connectivity index (χ3n) is 4.75. The average molecular weight is 619 g/mol. The van der Waals surface area contributed by atoms with Gasteiger partial charge in [0.15, 0.2) is 0 Å². The Morgan fingerprint density at radius 2 is 1.33 bits per heavy atom. The van der Waals surface area contributed by atoms with Gasteiger partial charge in [0.2, 0.25) is 11.8 Å². The second-order valence-electron chi connectivity index (χ2n) is 8.83. The minimum Gasteiger partial charge on any atom is -0.469 e. The van der Waals surface area contributed by atoms with Crippen molar-refractivity contribution < 1.29 is 38.2 Å². The first-order valence-electron chi connectivity index (χ1n) is 11.3. The van der Waals surface area contributed by atoms with Crippen molar-refractivity contribution in [1.82, 2.24) is 16.0 Å². The highest BCUT2D eigenvalue weighted by Crippen LogP contribution is 2.10. The van der Waals surface area contributed by atoms with Crippen LogP contribution in [0.1, 0.15) is 52.0 Å². The lowest BCUT2D eigenvalue weighted by molar-refractivity contribution is -0.142. The molecule has 0 saturated carbocycles. The number of rotatable bonds is 12. The molecule has 0 heterocycles. The number of carbonyl (C=O) groups is 5. The molecule has 0 aliphatic rings. The molecular formula is C24H34IN3O8. The summed E-state index contributed by atoms with van der Waals surface area (Å²) in [6.45, 7) is 5.20. The Balaban J connectivity index is 2.96. The molecule has 1 rings (SSSR count). The van der Waals surface area contributed by atoms with Crippen molar-refractivity contribution in [2.75, 3.05) is 14.2 Å². The molecule has 0 saturated heterocycles. The minimum absolute atomic E-state index is 0.0346. The van der Waals surface area contributed by atoms with Gasteiger partial charge in [-0.2, -0.15) is 0 Å². The number of hydrogen-bond donors (Lipinski definition) is 3. The zero-order chi connectivity index (χ0) is 27.3. The zero-order valence-corrected chi connectivity index (χ0v) is 23.3. The summed E-state index contributed by atoms with van der Waals surface area (Å²) in [7, 11) is 2.43. The predicted octanol–water partition coefficient (Wildman–Crippen LogP) is 2.19. The van der Waals surface area contributed by atoms with Crippen LogP contribution in [0, 0.1) is 3.57 Å². The van der Waals surface area contributed by atoms with Gasteiger partial charge in [0.05, 0.1) is 14.2 Å². The molecule has 3 amide bonds. The van der Waals surface area contributed by atoms with Gasteiger partial charge in [0.25, 0.3) is 0 Å². The van der Waals surface area contributed by atoms with Crippen LogP contribution in [-0.4, -0.2) is 61.8 Å². The fourth-order valence-corrected chi connectivity index (χ4v) is 3.26. The van der Waals surface area contributed by atoms with Gasteiger partial charge in [-0.05, 0) is 73.9 Å². The Morgan fingerprint density at radius 1 is 0.833 bits per heavy atom. The Labute approximate surface area is 224 Å². The molecule has 1 unspecified atom stereocenters. The maximum Gasteiger partial charge on any atom is 0.408 e. The highest BCUT2D eigenvalue weighted by atomic mass is 127. The molecule has 3 N–H and O–H groups in total. The van der Waals surface area contributed by atoms with E-state index in [1.54, 1.807) is 20.8 Å². The number of alkyl carbamates (subject to hydrolysis) is 1. The molecule has 12 heteroatoms. The average Bonchev–Trinajstić information content (AvgIpc) is 2.81. The van der Waals surface area contributed by atoms with Crippen LogP contribution in [0.15, 0.2) is 24.3 Å². The molecule has 2 atom stereocenters. The highest BCUT2D eigenvalue weighted by Gasteiger charge is 2.29. The van der Waals surface area contributed by atoms with Gasteiger partial charge in [0, 0.05) is 23.0 Å². The quantitative estimate of drug-likeness (QED) is 0.183. The van der Waals surface area contributed by atoms with Crippen LogP contribution in [-0.2, 0) is 39.9 Å². The number of carbonyl (C=O) groups excluding carboxylic acids is 5. The Bertz CT molecular complexity index is 915. The number of halogens is 1. The van der Waals surface area contributed by atoms with E-state index in [0.717, 1.165) is 9.13 Å². The molecule has 0 fully saturated rings. The maximum absolute atomic E-state index is 13.1. The van der Waals surface area contributed by atoms with Gasteiger partial charge in [-0.3, -0.25) is 19.2 Å². The van der Waals surface area contributed by atoms with E-state index in [0.29, 0.717) is 0 Å². The SMILES string of the molecule is COC(=O)CCC(NC(=O)OC(C)(C)C)C(=O)N[C@@H](CCC(=O)OC)C(=O)NCc1ccc(I)cc1. The summed E-state index contributed by atoms with van der Waals surface area (Å²) in [6, 6.07) is 5.22. The summed E-state index contributed by atoms with van der Waals surface area (Å²) in [5, 5.41) is 7.74. The molecule has 0 aromatic heterocycles. The Kier molecular flexibility index (Phi) is 13.2. The van der Waals surface area contributed by atoms with Crippen molar-refractivity contribution >= 4 is 52.4 Å². The number of benzene rings is 1. The molecule has 36 heavy (non-hydrogen) atoms. The fourth-order valence-electron chi connectivity index (χ4n) is 2.90. The number of hydrogen-bond acceptors (Lipinski definition) is 8. The van der Waals surface area contributed by atoms with E-state index in [1.807, 2.05) is 24.3 Å². The van der Waals surface area contributed by atoms with Crippen LogP contribution in [0.3, 0.4) is 0 Å². The summed E-state index contributed by atoms with van der Waals surface area (Å²) < 4.78 is 15.5. The normalized spacial score (nSPS) is 12.5. The summed E-state index contributed by atoms with van der Waals surface area (Å²) in [5.41, 5.74) is 0.0377. The largest absolute Gasteiger partial charge is 0.469 e. The standard InChI is InChI=1S/C24H34IN3O8/c1-24(2,3)36-23(33)28-18(11-13-20(30)35-5)22(32)27-17(10-12-19(29)34-4)21(31)26-14-15-6-8-16(25)9-7-15/h6-9,17-18H,10-14H2,1-5H3,(H,26,31)(H,27,32)(H,28,33)/t17-,18?/m0/s1. The van der Waals surface area contributed by atoms with Crippen molar-refractivity contribution in [3.8, 4) is 0 Å². The lowest BCUT2D eigenvalue weighted by Crippen LogP contribution is -2.54. The van der Waals surface area contributed by atoms with Crippen LogP contribution in [0.25, 0.3) is 0 Å². The van der Waals surface area contributed by atoms with E-state index in [1.165, 1.54) is 14.2 Å². The summed E-state index contributed by atoms with van der Waals surface area (Å²) >= 11 is 2.17. The van der Waals surface area contributed by atoms with E-state index in [4.69, 9.17) is 4.74 Å². The van der Waals surface area contributed by atoms with Crippen LogP contribution >= 0.6 is 22.6 Å². The number of methoxy groups -OCH3 is 2. The van der Waals surface area contributed by atoms with E-state index in [2.05, 4.69) is 48.0 Å². The molecule has 1 aromatic carbocycles. The van der Waals surface area contributed by atoms with E-state index < -0.39 is 47.5 Å². The topological polar surface area (TPSA) is 149 Å². The molecule has 0 bridgehead atoms. The van der Waals surface area contributed by atoms with Gasteiger partial charge in [0.1, 0.15) is 17.7 Å². The summed E-state index contributed by atoms with van der Waals surface area (Å²) in [6.07, 6.45) is -1.26. The first-order chi connectivity index (χ1) is 16.8. The van der Waals surface area contributed by atoms with Crippen LogP contribution < -0.4 is 16.0 Å². The number of ether oxygens (including phenoxy) is 3. The molecule has 0 aliphatic heterocycles. The molecule has 0 spiro atoms. The van der Waals surface area contributed by atoms with Gasteiger partial charge in [-0.15, -0.1) is 0 Å². The number of amides is 3. The number of nitrogens with one attached hydrogen (secondary N) is 3. The van der Waals surface area contributed by atoms with Gasteiger partial charge in [-0.25, -0.2) is 4.79 Å². The van der Waals surface area contributed by atoms with E-state index in [-0.39, 0.29) is 32.2 Å². The van der Waals surface area contributed by atoms with Gasteiger partial charge in [-0.1, -0.05) is 12.1 Å². The van der Waals surface area contributed by atoms with Crippen molar-refractivity contribution in [3.05, 3.63) is 33.4 Å². The monoisotopic (exact) mass is 619 g/mol. The highest BCUT2D eigenvalue weighted by molar-refractivity contribution is 14.1. The Morgan fingerprint density at radius 3 is 1.81 bits per heavy atom. The molecular weight excluding hydrogens is 585 g/mol. The van der Waals surface area contributed by atoms with Gasteiger partial charge >= 0.3 is 18.0 Å². The van der Waals surface area contributed by atoms with E-state index >= 15 is 0 Å².